The van der Waals surface area contributed by atoms with Crippen molar-refractivity contribution in [1.29, 1.82) is 0 Å². The molecule has 1 unspecified atom stereocenters. The molecule has 1 aromatic heterocycles. The molecule has 3 N–H and O–H groups in total. The molecule has 0 radical (unpaired) electrons. The molecule has 1 fully saturated rings. The number of aliphatic carboxylic acids is 1. The zero-order chi connectivity index (χ0) is 15.1. The Balaban J connectivity index is 1.81. The van der Waals surface area contributed by atoms with Crippen LogP contribution in [-0.4, -0.2) is 54.2 Å². The Morgan fingerprint density at radius 3 is 3.00 bits per heavy atom. The van der Waals surface area contributed by atoms with Crippen LogP contribution in [-0.2, 0) is 9.59 Å². The summed E-state index contributed by atoms with van der Waals surface area (Å²) >= 11 is 4.24. The van der Waals surface area contributed by atoms with Gasteiger partial charge in [0, 0.05) is 11.5 Å². The van der Waals surface area contributed by atoms with Crippen molar-refractivity contribution in [3.63, 3.8) is 0 Å². The van der Waals surface area contributed by atoms with Crippen LogP contribution in [0.5, 0.6) is 0 Å². The smallest absolute Gasteiger partial charge is 0.352 e. The van der Waals surface area contributed by atoms with Crippen LogP contribution in [0.3, 0.4) is 0 Å². The molecule has 2 atom stereocenters. The molecule has 1 aromatic rings. The van der Waals surface area contributed by atoms with Gasteiger partial charge in [-0.25, -0.2) is 9.78 Å². The van der Waals surface area contributed by atoms with Gasteiger partial charge < -0.3 is 10.8 Å². The predicted molar refractivity (Wildman–Crippen MR) is 81.1 cm³/mol. The molecular weight excluding hydrogens is 332 g/mol. The quantitative estimate of drug-likeness (QED) is 0.601. The second-order valence-electron chi connectivity index (χ2n) is 4.59. The Kier molecular flexibility index (Phi) is 3.95. The van der Waals surface area contributed by atoms with Crippen LogP contribution < -0.4 is 5.73 Å². The highest BCUT2D eigenvalue weighted by atomic mass is 32.2. The maximum Gasteiger partial charge on any atom is 0.352 e. The molecule has 0 aliphatic carbocycles. The van der Waals surface area contributed by atoms with Gasteiger partial charge in [0.2, 0.25) is 5.91 Å². The van der Waals surface area contributed by atoms with Crippen molar-refractivity contribution in [2.45, 2.75) is 22.7 Å². The third-order valence-electron chi connectivity index (χ3n) is 3.17. The van der Waals surface area contributed by atoms with Gasteiger partial charge in [0.15, 0.2) is 4.34 Å². The Bertz CT molecular complexity index is 644. The van der Waals surface area contributed by atoms with Gasteiger partial charge in [0.25, 0.3) is 0 Å². The lowest BCUT2D eigenvalue weighted by Crippen LogP contribution is -2.68. The molecule has 3 rings (SSSR count). The van der Waals surface area contributed by atoms with Crippen molar-refractivity contribution in [1.82, 2.24) is 14.3 Å². The highest BCUT2D eigenvalue weighted by Gasteiger charge is 2.51. The largest absolute Gasteiger partial charge is 0.477 e. The number of hydrogen-bond acceptors (Lipinski definition) is 8. The van der Waals surface area contributed by atoms with Gasteiger partial charge in [-0.05, 0) is 24.0 Å². The van der Waals surface area contributed by atoms with Gasteiger partial charge in [-0.15, -0.1) is 11.8 Å². The van der Waals surface area contributed by atoms with Crippen LogP contribution in [0.25, 0.3) is 0 Å². The van der Waals surface area contributed by atoms with Crippen molar-refractivity contribution in [3.8, 4) is 0 Å². The third-order valence-corrected chi connectivity index (χ3v) is 6.54. The highest BCUT2D eigenvalue weighted by molar-refractivity contribution is 8.01. The van der Waals surface area contributed by atoms with E-state index in [4.69, 9.17) is 5.73 Å². The zero-order valence-corrected chi connectivity index (χ0v) is 13.4. The summed E-state index contributed by atoms with van der Waals surface area (Å²) in [6, 6.07) is -0.593. The van der Waals surface area contributed by atoms with E-state index in [-0.39, 0.29) is 17.0 Å². The summed E-state index contributed by atoms with van der Waals surface area (Å²) < 4.78 is 4.88. The standard InChI is InChI=1S/C11H12N4O3S3/c1-4-13-11(21-14-4)20-3-5-2-19-9-6(12)8(16)15(9)7(5)10(17)18/h6,9H,2-3,12H2,1H3,(H,17,18)/t6-,9?/m0/s1. The van der Waals surface area contributed by atoms with Gasteiger partial charge in [0.05, 0.1) is 0 Å². The number of amides is 1. The molecule has 0 bridgehead atoms. The number of nitrogens with zero attached hydrogens (tertiary/aromatic N) is 3. The van der Waals surface area contributed by atoms with Crippen LogP contribution in [0.2, 0.25) is 0 Å². The second-order valence-corrected chi connectivity index (χ2v) is 7.67. The molecule has 0 aromatic carbocycles. The molecule has 2 aliphatic heterocycles. The van der Waals surface area contributed by atoms with Crippen LogP contribution in [0, 0.1) is 6.92 Å². The van der Waals surface area contributed by atoms with Gasteiger partial charge in [-0.3, -0.25) is 9.69 Å². The summed E-state index contributed by atoms with van der Waals surface area (Å²) in [5, 5.41) is 9.15. The maximum atomic E-state index is 11.8. The van der Waals surface area contributed by atoms with Gasteiger partial charge in [-0.1, -0.05) is 11.8 Å². The predicted octanol–water partition coefficient (Wildman–Crippen LogP) is 0.520. The van der Waals surface area contributed by atoms with Gasteiger partial charge in [-0.2, -0.15) is 4.37 Å². The topological polar surface area (TPSA) is 109 Å². The van der Waals surface area contributed by atoms with E-state index in [1.807, 2.05) is 6.92 Å². The summed E-state index contributed by atoms with van der Waals surface area (Å²) in [7, 11) is 0. The SMILES string of the molecule is Cc1nsc(SCC2=C(C(=O)O)N3C(=O)[C@H](N)C3SC2)n1. The van der Waals surface area contributed by atoms with E-state index < -0.39 is 12.0 Å². The first-order chi connectivity index (χ1) is 9.99. The number of β-lactam (4-membered cyclic amide) rings is 1. The van der Waals surface area contributed by atoms with Gasteiger partial charge >= 0.3 is 5.97 Å². The van der Waals surface area contributed by atoms with E-state index in [0.29, 0.717) is 17.3 Å². The van der Waals surface area contributed by atoms with E-state index in [9.17, 15) is 14.7 Å². The number of carboxylic acids is 1. The van der Waals surface area contributed by atoms with Crippen LogP contribution in [0.15, 0.2) is 15.6 Å². The fourth-order valence-corrected chi connectivity index (χ4v) is 5.26. The monoisotopic (exact) mass is 344 g/mol. The first kappa shape index (κ1) is 14.8. The molecule has 21 heavy (non-hydrogen) atoms. The van der Waals surface area contributed by atoms with Crippen molar-refractivity contribution >= 4 is 46.9 Å². The Hall–Kier alpha value is -1.10. The average Bonchev–Trinajstić information content (AvgIpc) is 2.88. The summed E-state index contributed by atoms with van der Waals surface area (Å²) in [5.41, 5.74) is 6.51. The fraction of sp³-hybridized carbons (Fsp3) is 0.455. The molecule has 7 nitrogen and oxygen atoms in total. The lowest BCUT2D eigenvalue weighted by Gasteiger charge is -2.48. The van der Waals surface area contributed by atoms with Crippen molar-refractivity contribution in [2.24, 2.45) is 5.73 Å². The number of aryl methyl sites for hydroxylation is 1. The fourth-order valence-electron chi connectivity index (χ4n) is 2.18. The number of carbonyl (C=O) groups is 2. The van der Waals surface area contributed by atoms with Crippen molar-refractivity contribution < 1.29 is 14.7 Å². The molecule has 0 spiro atoms. The maximum absolute atomic E-state index is 11.8. The van der Waals surface area contributed by atoms with Crippen LogP contribution in [0.1, 0.15) is 5.82 Å². The van der Waals surface area contributed by atoms with Crippen molar-refractivity contribution in [2.75, 3.05) is 11.5 Å². The Labute approximate surface area is 133 Å². The molecule has 2 aliphatic rings. The average molecular weight is 344 g/mol. The van der Waals surface area contributed by atoms with E-state index >= 15 is 0 Å². The lowest BCUT2D eigenvalue weighted by atomic mass is 10.0. The van der Waals surface area contributed by atoms with E-state index in [1.165, 1.54) is 40.0 Å². The minimum atomic E-state index is -1.08. The first-order valence-corrected chi connectivity index (χ1v) is 8.88. The third kappa shape index (κ3) is 2.56. The molecule has 112 valence electrons. The van der Waals surface area contributed by atoms with E-state index in [0.717, 1.165) is 9.91 Å². The number of aromatic nitrogens is 2. The van der Waals surface area contributed by atoms with Crippen molar-refractivity contribution in [3.05, 3.63) is 17.1 Å². The summed E-state index contributed by atoms with van der Waals surface area (Å²) in [4.78, 5) is 28.8. The summed E-state index contributed by atoms with van der Waals surface area (Å²) in [6.45, 7) is 1.81. The zero-order valence-electron chi connectivity index (χ0n) is 11.0. The highest BCUT2D eigenvalue weighted by Crippen LogP contribution is 2.40. The number of thioether (sulfide) groups is 2. The minimum Gasteiger partial charge on any atom is -0.477 e. The molecule has 0 saturated carbocycles. The Morgan fingerprint density at radius 2 is 2.38 bits per heavy atom. The first-order valence-electron chi connectivity index (χ1n) is 6.07. The van der Waals surface area contributed by atoms with Crippen LogP contribution >= 0.6 is 35.1 Å². The van der Waals surface area contributed by atoms with E-state index in [2.05, 4.69) is 9.36 Å². The number of carbonyl (C=O) groups excluding carboxylic acids is 1. The lowest BCUT2D eigenvalue weighted by molar-refractivity contribution is -0.147. The van der Waals surface area contributed by atoms with E-state index in [1.54, 1.807) is 0 Å². The number of rotatable bonds is 4. The Morgan fingerprint density at radius 1 is 1.62 bits per heavy atom. The molecule has 1 amide bonds. The summed E-state index contributed by atoms with van der Waals surface area (Å²) in [5.74, 6) is 0.351. The number of carboxylic acid groups (broad SMARTS) is 1. The minimum absolute atomic E-state index is 0.0826. The normalized spacial score (nSPS) is 24.9. The molecule has 1 saturated heterocycles. The van der Waals surface area contributed by atoms with Gasteiger partial charge in [0.1, 0.15) is 22.9 Å². The molecular formula is C11H12N4O3S3. The second kappa shape index (κ2) is 5.59. The molecule has 10 heteroatoms. The summed E-state index contributed by atoms with van der Waals surface area (Å²) in [6.07, 6.45) is 0. The number of nitrogens with two attached hydrogens (primary N) is 1. The van der Waals surface area contributed by atoms with Crippen LogP contribution in [0.4, 0.5) is 0 Å². The number of fused-ring (bicyclic) bond motifs is 1. The number of hydrogen-bond donors (Lipinski definition) is 2. The molecule has 3 heterocycles.